The van der Waals surface area contributed by atoms with Crippen molar-refractivity contribution in [2.24, 2.45) is 5.92 Å². The summed E-state index contributed by atoms with van der Waals surface area (Å²) in [6.45, 7) is 1.77. The molecule has 1 heterocycles. The second-order valence-electron chi connectivity index (χ2n) is 4.96. The van der Waals surface area contributed by atoms with E-state index in [1.54, 1.807) is 25.1 Å². The Bertz CT molecular complexity index is 593. The molecular weight excluding hydrogens is 252 g/mol. The predicted molar refractivity (Wildman–Crippen MR) is 64.6 cm³/mol. The molecule has 4 nitrogen and oxygen atoms in total. The minimum absolute atomic E-state index is 0.199. The normalized spacial score (nSPS) is 34.6. The van der Waals surface area contributed by atoms with E-state index in [0.717, 1.165) is 6.42 Å². The highest BCUT2D eigenvalue weighted by atomic mass is 32.2. The van der Waals surface area contributed by atoms with Gasteiger partial charge in [0.15, 0.2) is 14.6 Å². The van der Waals surface area contributed by atoms with Crippen molar-refractivity contribution in [1.82, 2.24) is 0 Å². The number of esters is 1. The quantitative estimate of drug-likeness (QED) is 0.762. The molecular formula is C13H14O4S. The number of cyclic esters (lactones) is 1. The van der Waals surface area contributed by atoms with Crippen molar-refractivity contribution in [3.63, 3.8) is 0 Å². The van der Waals surface area contributed by atoms with Crippen molar-refractivity contribution in [2.45, 2.75) is 35.5 Å². The molecule has 1 aromatic carbocycles. The van der Waals surface area contributed by atoms with E-state index in [4.69, 9.17) is 4.74 Å². The van der Waals surface area contributed by atoms with Gasteiger partial charge in [0.05, 0.1) is 4.90 Å². The smallest absolute Gasteiger partial charge is 0.328 e. The Morgan fingerprint density at radius 2 is 1.94 bits per heavy atom. The molecule has 3 rings (SSSR count). The summed E-state index contributed by atoms with van der Waals surface area (Å²) in [4.78, 5) is 12.2. The summed E-state index contributed by atoms with van der Waals surface area (Å²) in [5.41, 5.74) is 0. The molecule has 2 aliphatic rings. The number of hydrogen-bond donors (Lipinski definition) is 0. The molecule has 0 N–H and O–H groups in total. The van der Waals surface area contributed by atoms with Gasteiger partial charge in [0.1, 0.15) is 6.10 Å². The lowest BCUT2D eigenvalue weighted by atomic mass is 9.72. The van der Waals surface area contributed by atoms with Gasteiger partial charge < -0.3 is 4.74 Å². The summed E-state index contributed by atoms with van der Waals surface area (Å²) in [5, 5.41) is 0. The van der Waals surface area contributed by atoms with Gasteiger partial charge in [0, 0.05) is 5.92 Å². The SMILES string of the molecule is C[C@H]1OC(=O)[C@]2(S(=O)(=O)c3ccccc3)CC[C@H]12. The van der Waals surface area contributed by atoms with Crippen LogP contribution in [0.5, 0.6) is 0 Å². The lowest BCUT2D eigenvalue weighted by Crippen LogP contribution is -2.56. The zero-order chi connectivity index (χ0) is 13.0. The first-order chi connectivity index (χ1) is 8.50. The summed E-state index contributed by atoms with van der Waals surface area (Å²) in [5.74, 6) is -0.773. The van der Waals surface area contributed by atoms with Crippen molar-refractivity contribution in [3.8, 4) is 0 Å². The fourth-order valence-corrected chi connectivity index (χ4v) is 5.34. The maximum atomic E-state index is 12.7. The van der Waals surface area contributed by atoms with E-state index >= 15 is 0 Å². The Hall–Kier alpha value is -1.36. The standard InChI is InChI=1S/C13H14O4S/c1-9-11-7-8-13(11,12(14)17-9)18(15,16)10-5-3-2-4-6-10/h2-6,9,11H,7-8H2,1H3/t9-,11-,13+/m1/s1. The molecule has 1 aromatic rings. The van der Waals surface area contributed by atoms with Crippen LogP contribution in [-0.2, 0) is 19.4 Å². The molecule has 0 amide bonds. The van der Waals surface area contributed by atoms with Gasteiger partial charge in [-0.3, -0.25) is 4.79 Å². The third kappa shape index (κ3) is 1.20. The van der Waals surface area contributed by atoms with Crippen LogP contribution in [0.15, 0.2) is 35.2 Å². The number of hydrogen-bond acceptors (Lipinski definition) is 4. The van der Waals surface area contributed by atoms with E-state index < -0.39 is 20.6 Å². The van der Waals surface area contributed by atoms with Crippen LogP contribution in [0.25, 0.3) is 0 Å². The van der Waals surface area contributed by atoms with Gasteiger partial charge >= 0.3 is 5.97 Å². The van der Waals surface area contributed by atoms with Gasteiger partial charge in [-0.1, -0.05) is 18.2 Å². The number of benzene rings is 1. The van der Waals surface area contributed by atoms with Crippen LogP contribution in [0.3, 0.4) is 0 Å². The van der Waals surface area contributed by atoms with Crippen LogP contribution in [0.2, 0.25) is 0 Å². The summed E-state index contributed by atoms with van der Waals surface area (Å²) in [6, 6.07) is 8.16. The molecule has 1 aliphatic carbocycles. The Balaban J connectivity index is 2.13. The van der Waals surface area contributed by atoms with Gasteiger partial charge in [-0.2, -0.15) is 0 Å². The van der Waals surface area contributed by atoms with E-state index in [9.17, 15) is 13.2 Å². The second kappa shape index (κ2) is 3.57. The maximum absolute atomic E-state index is 12.7. The monoisotopic (exact) mass is 266 g/mol. The largest absolute Gasteiger partial charge is 0.461 e. The Morgan fingerprint density at radius 3 is 2.44 bits per heavy atom. The zero-order valence-corrected chi connectivity index (χ0v) is 10.8. The first kappa shape index (κ1) is 11.7. The molecule has 96 valence electrons. The van der Waals surface area contributed by atoms with Crippen LogP contribution < -0.4 is 0 Å². The van der Waals surface area contributed by atoms with E-state index in [0.29, 0.717) is 6.42 Å². The first-order valence-corrected chi connectivity index (χ1v) is 7.49. The second-order valence-corrected chi connectivity index (χ2v) is 7.17. The predicted octanol–water partition coefficient (Wildman–Crippen LogP) is 1.55. The van der Waals surface area contributed by atoms with Crippen LogP contribution in [0.4, 0.5) is 0 Å². The van der Waals surface area contributed by atoms with Crippen molar-refractivity contribution >= 4 is 15.8 Å². The van der Waals surface area contributed by atoms with Gasteiger partial charge in [-0.15, -0.1) is 0 Å². The minimum atomic E-state index is -3.66. The molecule has 0 unspecified atom stereocenters. The van der Waals surface area contributed by atoms with Crippen LogP contribution in [-0.4, -0.2) is 25.2 Å². The van der Waals surface area contributed by atoms with Crippen LogP contribution >= 0.6 is 0 Å². The summed E-state index contributed by atoms with van der Waals surface area (Å²) >= 11 is 0. The van der Waals surface area contributed by atoms with Gasteiger partial charge in [0.25, 0.3) is 0 Å². The minimum Gasteiger partial charge on any atom is -0.461 e. The molecule has 1 saturated heterocycles. The fraction of sp³-hybridized carbons (Fsp3) is 0.462. The van der Waals surface area contributed by atoms with Crippen LogP contribution in [0, 0.1) is 5.92 Å². The zero-order valence-electron chi connectivity index (χ0n) is 10.00. The Morgan fingerprint density at radius 1 is 1.28 bits per heavy atom. The molecule has 18 heavy (non-hydrogen) atoms. The number of fused-ring (bicyclic) bond motifs is 1. The molecule has 0 bridgehead atoms. The number of ether oxygens (including phenoxy) is 1. The molecule has 0 aromatic heterocycles. The fourth-order valence-electron chi connectivity index (χ4n) is 3.04. The van der Waals surface area contributed by atoms with Crippen molar-refractivity contribution < 1.29 is 17.9 Å². The highest BCUT2D eigenvalue weighted by Gasteiger charge is 2.69. The molecule has 5 heteroatoms. The molecule has 0 spiro atoms. The van der Waals surface area contributed by atoms with Gasteiger partial charge in [-0.05, 0) is 31.9 Å². The van der Waals surface area contributed by atoms with Crippen molar-refractivity contribution in [1.29, 1.82) is 0 Å². The van der Waals surface area contributed by atoms with E-state index in [1.165, 1.54) is 12.1 Å². The van der Waals surface area contributed by atoms with Gasteiger partial charge in [-0.25, -0.2) is 8.42 Å². The highest BCUT2D eigenvalue weighted by molar-refractivity contribution is 7.93. The van der Waals surface area contributed by atoms with E-state index in [2.05, 4.69) is 0 Å². The molecule has 0 radical (unpaired) electrons. The number of rotatable bonds is 2. The number of carbonyl (C=O) groups excluding carboxylic acids is 1. The average molecular weight is 266 g/mol. The third-order valence-corrected chi connectivity index (χ3v) is 6.69. The highest BCUT2D eigenvalue weighted by Crippen LogP contribution is 2.54. The van der Waals surface area contributed by atoms with Crippen LogP contribution in [0.1, 0.15) is 19.8 Å². The maximum Gasteiger partial charge on any atom is 0.328 e. The van der Waals surface area contributed by atoms with Crippen molar-refractivity contribution in [2.75, 3.05) is 0 Å². The third-order valence-electron chi connectivity index (χ3n) is 4.16. The summed E-state index contributed by atoms with van der Waals surface area (Å²) in [7, 11) is -3.66. The molecule has 2 fully saturated rings. The van der Waals surface area contributed by atoms with Gasteiger partial charge in [0.2, 0.25) is 0 Å². The van der Waals surface area contributed by atoms with E-state index in [1.807, 2.05) is 0 Å². The molecule has 1 aliphatic heterocycles. The van der Waals surface area contributed by atoms with E-state index in [-0.39, 0.29) is 16.9 Å². The average Bonchev–Trinajstić information content (AvgIpc) is 2.45. The number of sulfone groups is 1. The molecule has 3 atom stereocenters. The molecule has 1 saturated carbocycles. The first-order valence-electron chi connectivity index (χ1n) is 6.01. The topological polar surface area (TPSA) is 60.4 Å². The Kier molecular flexibility index (Phi) is 2.32. The summed E-state index contributed by atoms with van der Waals surface area (Å²) < 4.78 is 29.2. The lowest BCUT2D eigenvalue weighted by Gasteiger charge is -2.40. The Labute approximate surface area is 106 Å². The van der Waals surface area contributed by atoms with Crippen molar-refractivity contribution in [3.05, 3.63) is 30.3 Å². The number of carbonyl (C=O) groups is 1. The summed E-state index contributed by atoms with van der Waals surface area (Å²) in [6.07, 6.45) is 0.807. The lowest BCUT2D eigenvalue weighted by molar-refractivity contribution is -0.142.